The summed E-state index contributed by atoms with van der Waals surface area (Å²) in [4.78, 5) is 8.18. The Morgan fingerprint density at radius 3 is 3.09 bits per heavy atom. The predicted molar refractivity (Wildman–Crippen MR) is 85.8 cm³/mol. The molecule has 118 valence electrons. The van der Waals surface area contributed by atoms with E-state index in [0.717, 1.165) is 19.5 Å². The van der Waals surface area contributed by atoms with Crippen LogP contribution < -0.4 is 0 Å². The van der Waals surface area contributed by atoms with Gasteiger partial charge < -0.3 is 9.26 Å². The first-order chi connectivity index (χ1) is 10.7. The van der Waals surface area contributed by atoms with E-state index in [1.807, 2.05) is 11.8 Å². The van der Waals surface area contributed by atoms with Crippen LogP contribution in [0.3, 0.4) is 0 Å². The highest BCUT2D eigenvalue weighted by molar-refractivity contribution is 7.98. The second kappa shape index (κ2) is 6.81. The van der Waals surface area contributed by atoms with Gasteiger partial charge in [-0.25, -0.2) is 0 Å². The second-order valence-electron chi connectivity index (χ2n) is 5.48. The van der Waals surface area contributed by atoms with Crippen LogP contribution in [0.4, 0.5) is 0 Å². The van der Waals surface area contributed by atoms with Crippen LogP contribution in [-0.2, 0) is 24.3 Å². The van der Waals surface area contributed by atoms with Crippen molar-refractivity contribution in [3.8, 4) is 0 Å². The van der Waals surface area contributed by atoms with E-state index in [1.165, 1.54) is 16.0 Å². The normalized spacial score (nSPS) is 16.5. The minimum atomic E-state index is 0.112. The van der Waals surface area contributed by atoms with Gasteiger partial charge in [0.1, 0.15) is 6.61 Å². The summed E-state index contributed by atoms with van der Waals surface area (Å²) in [5.41, 5.74) is 2.89. The van der Waals surface area contributed by atoms with Gasteiger partial charge in [0.25, 0.3) is 0 Å². The van der Waals surface area contributed by atoms with Crippen LogP contribution in [-0.4, -0.2) is 35.0 Å². The minimum absolute atomic E-state index is 0.112. The van der Waals surface area contributed by atoms with E-state index in [2.05, 4.69) is 46.4 Å². The maximum atomic E-state index is 5.39. The lowest BCUT2D eigenvalue weighted by atomic mass is 9.98. The molecule has 0 spiro atoms. The molecular weight excluding hydrogens is 298 g/mol. The topological polar surface area (TPSA) is 51.4 Å². The Morgan fingerprint density at radius 2 is 2.32 bits per heavy atom. The van der Waals surface area contributed by atoms with Gasteiger partial charge in [0.2, 0.25) is 5.89 Å². The number of rotatable bonds is 5. The summed E-state index contributed by atoms with van der Waals surface area (Å²) in [6.07, 6.45) is 3.19. The highest BCUT2D eigenvalue weighted by Crippen LogP contribution is 2.32. The Labute approximate surface area is 135 Å². The molecule has 0 radical (unpaired) electrons. The highest BCUT2D eigenvalue weighted by atomic mass is 32.2. The van der Waals surface area contributed by atoms with Crippen molar-refractivity contribution >= 4 is 11.8 Å². The number of hydrogen-bond donors (Lipinski definition) is 0. The molecule has 1 aromatic heterocycles. The molecule has 0 N–H and O–H groups in total. The molecule has 3 rings (SSSR count). The predicted octanol–water partition coefficient (Wildman–Crippen LogP) is 3.06. The summed E-state index contributed by atoms with van der Waals surface area (Å²) in [7, 11) is 1.63. The van der Waals surface area contributed by atoms with Crippen LogP contribution in [0.15, 0.2) is 27.6 Å². The Morgan fingerprint density at radius 1 is 1.45 bits per heavy atom. The Balaban J connectivity index is 1.78. The molecule has 1 atom stereocenters. The number of hydrogen-bond acceptors (Lipinski definition) is 6. The highest BCUT2D eigenvalue weighted by Gasteiger charge is 2.26. The van der Waals surface area contributed by atoms with Crippen LogP contribution in [0, 0.1) is 0 Å². The van der Waals surface area contributed by atoms with Crippen LogP contribution >= 0.6 is 11.8 Å². The van der Waals surface area contributed by atoms with E-state index >= 15 is 0 Å². The molecule has 1 aromatic carbocycles. The van der Waals surface area contributed by atoms with Crippen molar-refractivity contribution in [2.75, 3.05) is 19.9 Å². The lowest BCUT2D eigenvalue weighted by Crippen LogP contribution is -2.33. The Bertz CT molecular complexity index is 630. The van der Waals surface area contributed by atoms with Crippen molar-refractivity contribution in [1.82, 2.24) is 15.0 Å². The van der Waals surface area contributed by atoms with Crippen molar-refractivity contribution in [1.29, 1.82) is 0 Å². The molecule has 0 bridgehead atoms. The number of nitrogens with zero attached hydrogens (tertiary/aromatic N) is 3. The van der Waals surface area contributed by atoms with E-state index in [-0.39, 0.29) is 6.04 Å². The molecule has 22 heavy (non-hydrogen) atoms. The first-order valence-corrected chi connectivity index (χ1v) is 8.65. The SMILES string of the molecule is COCc1noc(C(C)N2CCc3cccc(SC)c3C2)n1. The average molecular weight is 319 g/mol. The van der Waals surface area contributed by atoms with Gasteiger partial charge in [-0.3, -0.25) is 4.90 Å². The average Bonchev–Trinajstić information content (AvgIpc) is 3.02. The van der Waals surface area contributed by atoms with Gasteiger partial charge in [-0.05, 0) is 36.8 Å². The second-order valence-corrected chi connectivity index (χ2v) is 6.32. The largest absolute Gasteiger partial charge is 0.377 e. The van der Waals surface area contributed by atoms with Gasteiger partial charge in [0.05, 0.1) is 6.04 Å². The van der Waals surface area contributed by atoms with Gasteiger partial charge in [-0.15, -0.1) is 11.8 Å². The lowest BCUT2D eigenvalue weighted by Gasteiger charge is -2.32. The summed E-state index contributed by atoms with van der Waals surface area (Å²) in [6.45, 7) is 4.44. The Hall–Kier alpha value is -1.37. The van der Waals surface area contributed by atoms with Gasteiger partial charge >= 0.3 is 0 Å². The molecule has 1 unspecified atom stereocenters. The summed E-state index contributed by atoms with van der Waals surface area (Å²) < 4.78 is 10.4. The summed E-state index contributed by atoms with van der Waals surface area (Å²) in [5.74, 6) is 1.27. The maximum absolute atomic E-state index is 5.39. The van der Waals surface area contributed by atoms with Crippen molar-refractivity contribution in [3.05, 3.63) is 41.0 Å². The fraction of sp³-hybridized carbons (Fsp3) is 0.500. The van der Waals surface area contributed by atoms with E-state index in [0.29, 0.717) is 18.3 Å². The number of thioether (sulfide) groups is 1. The zero-order valence-corrected chi connectivity index (χ0v) is 14.0. The molecule has 2 heterocycles. The quantitative estimate of drug-likeness (QED) is 0.790. The number of aromatic nitrogens is 2. The third-order valence-corrected chi connectivity index (χ3v) is 4.96. The minimum Gasteiger partial charge on any atom is -0.377 e. The lowest BCUT2D eigenvalue weighted by molar-refractivity contribution is 0.155. The van der Waals surface area contributed by atoms with E-state index < -0.39 is 0 Å². The number of methoxy groups -OCH3 is 1. The van der Waals surface area contributed by atoms with Gasteiger partial charge in [-0.1, -0.05) is 17.3 Å². The van der Waals surface area contributed by atoms with Crippen molar-refractivity contribution in [2.24, 2.45) is 0 Å². The van der Waals surface area contributed by atoms with E-state index in [1.54, 1.807) is 7.11 Å². The molecule has 0 saturated carbocycles. The van der Waals surface area contributed by atoms with Crippen molar-refractivity contribution in [2.45, 2.75) is 37.4 Å². The zero-order chi connectivity index (χ0) is 15.5. The molecule has 1 aliphatic rings. The number of benzene rings is 1. The summed E-state index contributed by atoms with van der Waals surface area (Å²) >= 11 is 1.81. The summed E-state index contributed by atoms with van der Waals surface area (Å²) in [6, 6.07) is 6.70. The standard InChI is InChI=1S/C16H21N3O2S/c1-11(16-17-15(10-20-2)18-21-16)19-8-7-12-5-4-6-14(22-3)13(12)9-19/h4-6,11H,7-10H2,1-3H3. The van der Waals surface area contributed by atoms with Gasteiger partial charge in [-0.2, -0.15) is 4.98 Å². The molecule has 1 aliphatic heterocycles. The van der Waals surface area contributed by atoms with Crippen LogP contribution in [0.2, 0.25) is 0 Å². The monoisotopic (exact) mass is 319 g/mol. The van der Waals surface area contributed by atoms with E-state index in [4.69, 9.17) is 9.26 Å². The fourth-order valence-electron chi connectivity index (χ4n) is 2.87. The Kier molecular flexibility index (Phi) is 4.81. The fourth-order valence-corrected chi connectivity index (χ4v) is 3.53. The number of fused-ring (bicyclic) bond motifs is 1. The molecule has 0 saturated heterocycles. The van der Waals surface area contributed by atoms with E-state index in [9.17, 15) is 0 Å². The first-order valence-electron chi connectivity index (χ1n) is 7.43. The van der Waals surface area contributed by atoms with Crippen molar-refractivity contribution in [3.63, 3.8) is 0 Å². The number of ether oxygens (including phenoxy) is 1. The zero-order valence-electron chi connectivity index (χ0n) is 13.2. The molecular formula is C16H21N3O2S. The molecule has 6 heteroatoms. The molecule has 0 amide bonds. The smallest absolute Gasteiger partial charge is 0.243 e. The maximum Gasteiger partial charge on any atom is 0.243 e. The molecule has 2 aromatic rings. The van der Waals surface area contributed by atoms with Crippen molar-refractivity contribution < 1.29 is 9.26 Å². The molecule has 0 aliphatic carbocycles. The van der Waals surface area contributed by atoms with Crippen LogP contribution in [0.5, 0.6) is 0 Å². The van der Waals surface area contributed by atoms with Gasteiger partial charge in [0, 0.05) is 25.1 Å². The van der Waals surface area contributed by atoms with Crippen LogP contribution in [0.25, 0.3) is 0 Å². The first kappa shape index (κ1) is 15.5. The summed E-state index contributed by atoms with van der Waals surface area (Å²) in [5, 5.41) is 3.96. The third-order valence-electron chi connectivity index (χ3n) is 4.14. The van der Waals surface area contributed by atoms with Gasteiger partial charge in [0.15, 0.2) is 5.82 Å². The van der Waals surface area contributed by atoms with Crippen LogP contribution in [0.1, 0.15) is 35.8 Å². The molecule has 0 fully saturated rings. The molecule has 5 nitrogen and oxygen atoms in total. The third kappa shape index (κ3) is 3.04.